The zero-order valence-corrected chi connectivity index (χ0v) is 15.6. The van der Waals surface area contributed by atoms with E-state index in [2.05, 4.69) is 30.2 Å². The van der Waals surface area contributed by atoms with Crippen LogP contribution in [0.1, 0.15) is 19.8 Å². The summed E-state index contributed by atoms with van der Waals surface area (Å²) in [7, 11) is 1.60. The largest absolute Gasteiger partial charge is 0.480 e. The van der Waals surface area contributed by atoms with E-state index in [-0.39, 0.29) is 6.04 Å². The van der Waals surface area contributed by atoms with E-state index in [1.54, 1.807) is 19.5 Å². The van der Waals surface area contributed by atoms with E-state index in [4.69, 9.17) is 4.74 Å². The molecule has 1 aliphatic carbocycles. The van der Waals surface area contributed by atoms with Crippen molar-refractivity contribution in [2.75, 3.05) is 12.4 Å². The highest BCUT2D eigenvalue weighted by Crippen LogP contribution is 2.37. The molecule has 1 saturated carbocycles. The lowest BCUT2D eigenvalue weighted by atomic mass is 9.77. The third-order valence-corrected chi connectivity index (χ3v) is 5.18. The van der Waals surface area contributed by atoms with Gasteiger partial charge in [-0.05, 0) is 37.5 Å². The van der Waals surface area contributed by atoms with Gasteiger partial charge in [-0.25, -0.2) is 0 Å². The van der Waals surface area contributed by atoms with E-state index in [1.807, 2.05) is 31.3 Å². The van der Waals surface area contributed by atoms with Crippen LogP contribution in [0.5, 0.6) is 5.88 Å². The third kappa shape index (κ3) is 2.82. The summed E-state index contributed by atoms with van der Waals surface area (Å²) in [5, 5.41) is 14.0. The molecule has 0 atom stereocenters. The first-order valence-electron chi connectivity index (χ1n) is 9.16. The van der Waals surface area contributed by atoms with E-state index in [9.17, 15) is 5.11 Å². The average Bonchev–Trinajstić information content (AvgIpc) is 3.09. The molecule has 8 nitrogen and oxygen atoms in total. The summed E-state index contributed by atoms with van der Waals surface area (Å²) in [5.41, 5.74) is 3.68. The summed E-state index contributed by atoms with van der Waals surface area (Å²) < 4.78 is 5.56. The maximum absolute atomic E-state index is 9.92. The van der Waals surface area contributed by atoms with Crippen LogP contribution in [-0.4, -0.2) is 48.8 Å². The Bertz CT molecular complexity index is 1180. The van der Waals surface area contributed by atoms with Crippen molar-refractivity contribution in [1.82, 2.24) is 24.9 Å². The minimum Gasteiger partial charge on any atom is -0.480 e. The van der Waals surface area contributed by atoms with Crippen LogP contribution in [0.15, 0.2) is 36.8 Å². The molecule has 0 radical (unpaired) electrons. The van der Waals surface area contributed by atoms with Gasteiger partial charge in [-0.2, -0.15) is 9.97 Å². The number of benzene rings is 1. The average molecular weight is 376 g/mol. The van der Waals surface area contributed by atoms with Gasteiger partial charge in [0, 0.05) is 30.2 Å². The Morgan fingerprint density at radius 3 is 2.71 bits per heavy atom. The highest BCUT2D eigenvalue weighted by Gasteiger charge is 2.38. The van der Waals surface area contributed by atoms with Crippen molar-refractivity contribution >= 4 is 28.0 Å². The summed E-state index contributed by atoms with van der Waals surface area (Å²) in [4.78, 5) is 21.0. The molecule has 4 aromatic rings. The lowest BCUT2D eigenvalue weighted by Crippen LogP contribution is -2.48. The molecule has 0 amide bonds. The molecule has 0 bridgehead atoms. The van der Waals surface area contributed by atoms with E-state index in [0.29, 0.717) is 30.3 Å². The van der Waals surface area contributed by atoms with Crippen LogP contribution in [0, 0.1) is 0 Å². The number of ether oxygens (including phenoxy) is 1. The fourth-order valence-electron chi connectivity index (χ4n) is 3.86. The zero-order valence-electron chi connectivity index (χ0n) is 15.6. The van der Waals surface area contributed by atoms with Gasteiger partial charge < -0.3 is 20.1 Å². The lowest BCUT2D eigenvalue weighted by molar-refractivity contribution is -0.0236. The summed E-state index contributed by atoms with van der Waals surface area (Å²) in [5.74, 6) is 0.983. The van der Waals surface area contributed by atoms with Crippen LogP contribution in [0.25, 0.3) is 33.2 Å². The molecule has 142 valence electrons. The molecule has 3 aromatic heterocycles. The van der Waals surface area contributed by atoms with Crippen LogP contribution in [0.4, 0.5) is 5.95 Å². The van der Waals surface area contributed by atoms with Crippen molar-refractivity contribution in [3.8, 4) is 17.0 Å². The predicted molar refractivity (Wildman–Crippen MR) is 106 cm³/mol. The van der Waals surface area contributed by atoms with Crippen LogP contribution >= 0.6 is 0 Å². The smallest absolute Gasteiger partial charge is 0.228 e. The monoisotopic (exact) mass is 376 g/mol. The number of methoxy groups -OCH3 is 1. The minimum atomic E-state index is -0.607. The maximum Gasteiger partial charge on any atom is 0.228 e. The standard InChI is InChI=1S/C20H20N6O2/c1-20(27)8-12(9-20)24-19-25-17-16(18(26-19)28-2)13(10-23-17)11-3-4-14-15(7-11)22-6-5-21-14/h3-7,10,12,27H,8-9H2,1-2H3,(H2,23,24,25,26)/t12-,20-. The molecular formula is C20H20N6O2. The number of aliphatic hydroxyl groups is 1. The van der Waals surface area contributed by atoms with E-state index in [0.717, 1.165) is 27.5 Å². The summed E-state index contributed by atoms with van der Waals surface area (Å²) >= 11 is 0. The summed E-state index contributed by atoms with van der Waals surface area (Å²) in [6, 6.07) is 6.10. The number of nitrogens with zero attached hydrogens (tertiary/aromatic N) is 4. The Morgan fingerprint density at radius 1 is 1.18 bits per heavy atom. The molecule has 1 fully saturated rings. The number of aromatic nitrogens is 5. The molecular weight excluding hydrogens is 356 g/mol. The SMILES string of the molecule is COc1nc(N[C@H]2C[C@](C)(O)C2)nc2[nH]cc(-c3ccc4nccnc4c3)c12. The van der Waals surface area contributed by atoms with Crippen LogP contribution in [0.2, 0.25) is 0 Å². The number of nitrogens with one attached hydrogen (secondary N) is 2. The third-order valence-electron chi connectivity index (χ3n) is 5.18. The second-order valence-electron chi connectivity index (χ2n) is 7.49. The highest BCUT2D eigenvalue weighted by atomic mass is 16.5. The van der Waals surface area contributed by atoms with Crippen LogP contribution in [0.3, 0.4) is 0 Å². The number of fused-ring (bicyclic) bond motifs is 2. The summed E-state index contributed by atoms with van der Waals surface area (Å²) in [6.07, 6.45) is 6.61. The predicted octanol–water partition coefficient (Wildman–Crippen LogP) is 2.90. The zero-order chi connectivity index (χ0) is 19.3. The number of hydrogen-bond donors (Lipinski definition) is 3. The minimum absolute atomic E-state index is 0.158. The van der Waals surface area contributed by atoms with Crippen molar-refractivity contribution in [2.45, 2.75) is 31.4 Å². The second kappa shape index (κ2) is 6.13. The van der Waals surface area contributed by atoms with Gasteiger partial charge in [0.1, 0.15) is 5.65 Å². The van der Waals surface area contributed by atoms with Crippen molar-refractivity contribution < 1.29 is 9.84 Å². The fourth-order valence-corrected chi connectivity index (χ4v) is 3.86. The van der Waals surface area contributed by atoms with Crippen molar-refractivity contribution in [3.05, 3.63) is 36.8 Å². The van der Waals surface area contributed by atoms with Gasteiger partial charge in [0.05, 0.1) is 29.1 Å². The normalized spacial score (nSPS) is 21.6. The Labute approximate surface area is 161 Å². The molecule has 8 heteroatoms. The van der Waals surface area contributed by atoms with Gasteiger partial charge in [-0.15, -0.1) is 0 Å². The van der Waals surface area contributed by atoms with Crippen molar-refractivity contribution in [3.63, 3.8) is 0 Å². The molecule has 3 N–H and O–H groups in total. The Hall–Kier alpha value is -3.26. The molecule has 3 heterocycles. The van der Waals surface area contributed by atoms with Gasteiger partial charge in [0.15, 0.2) is 0 Å². The van der Waals surface area contributed by atoms with Crippen LogP contribution < -0.4 is 10.1 Å². The summed E-state index contributed by atoms with van der Waals surface area (Å²) in [6.45, 7) is 1.83. The Kier molecular flexibility index (Phi) is 3.70. The quantitative estimate of drug-likeness (QED) is 0.502. The molecule has 28 heavy (non-hydrogen) atoms. The molecule has 0 spiro atoms. The van der Waals surface area contributed by atoms with E-state index in [1.165, 1.54) is 0 Å². The Balaban J connectivity index is 1.55. The fraction of sp³-hybridized carbons (Fsp3) is 0.300. The maximum atomic E-state index is 9.92. The topological polar surface area (TPSA) is 109 Å². The van der Waals surface area contributed by atoms with E-state index >= 15 is 0 Å². The molecule has 0 unspecified atom stereocenters. The molecule has 1 aromatic carbocycles. The van der Waals surface area contributed by atoms with Gasteiger partial charge in [0.25, 0.3) is 0 Å². The number of H-pyrrole nitrogens is 1. The first kappa shape index (κ1) is 16.9. The van der Waals surface area contributed by atoms with Crippen molar-refractivity contribution in [1.29, 1.82) is 0 Å². The lowest BCUT2D eigenvalue weighted by Gasteiger charge is -2.41. The molecule has 5 rings (SSSR count). The first-order chi connectivity index (χ1) is 13.5. The molecule has 1 aliphatic rings. The van der Waals surface area contributed by atoms with Crippen LogP contribution in [-0.2, 0) is 0 Å². The first-order valence-corrected chi connectivity index (χ1v) is 9.16. The number of aromatic amines is 1. The number of rotatable bonds is 4. The molecule has 0 aliphatic heterocycles. The van der Waals surface area contributed by atoms with E-state index < -0.39 is 5.60 Å². The number of anilines is 1. The van der Waals surface area contributed by atoms with Gasteiger partial charge in [-0.3, -0.25) is 9.97 Å². The van der Waals surface area contributed by atoms with Gasteiger partial charge >= 0.3 is 0 Å². The second-order valence-corrected chi connectivity index (χ2v) is 7.49. The van der Waals surface area contributed by atoms with Gasteiger partial charge in [-0.1, -0.05) is 6.07 Å². The van der Waals surface area contributed by atoms with Gasteiger partial charge in [0.2, 0.25) is 11.8 Å². The Morgan fingerprint density at radius 2 is 1.96 bits per heavy atom. The van der Waals surface area contributed by atoms with Crippen molar-refractivity contribution in [2.24, 2.45) is 0 Å². The molecule has 0 saturated heterocycles. The highest BCUT2D eigenvalue weighted by molar-refractivity contribution is 5.99. The number of hydrogen-bond acceptors (Lipinski definition) is 7.